The molecule has 7 nitrogen and oxygen atoms in total. The van der Waals surface area contributed by atoms with Crippen LogP contribution in [-0.4, -0.2) is 9.85 Å². The number of nitro benzene ring substituents is 2. The number of nitrogens with zero attached hydrogens (tertiary/aromatic N) is 2. The van der Waals surface area contributed by atoms with Gasteiger partial charge in [0.25, 0.3) is 11.4 Å². The fourth-order valence-corrected chi connectivity index (χ4v) is 2.51. The predicted molar refractivity (Wildman–Crippen MR) is 81.6 cm³/mol. The molecule has 0 bridgehead atoms. The molecule has 0 heterocycles. The number of nitrogen functional groups attached to an aromatic ring is 1. The van der Waals surface area contributed by atoms with Gasteiger partial charge in [-0.15, -0.1) is 0 Å². The second-order valence-electron chi connectivity index (χ2n) is 6.20. The van der Waals surface area contributed by atoms with E-state index < -0.39 is 15.3 Å². The molecule has 0 saturated carbocycles. The zero-order valence-electron chi connectivity index (χ0n) is 13.0. The van der Waals surface area contributed by atoms with Crippen molar-refractivity contribution < 1.29 is 9.85 Å². The van der Waals surface area contributed by atoms with Crippen LogP contribution in [0, 0.1) is 20.2 Å². The first-order chi connectivity index (χ1) is 9.52. The summed E-state index contributed by atoms with van der Waals surface area (Å²) in [5.41, 5.74) is 5.42. The third-order valence-electron chi connectivity index (χ3n) is 3.58. The van der Waals surface area contributed by atoms with Crippen molar-refractivity contribution in [3.05, 3.63) is 37.4 Å². The van der Waals surface area contributed by atoms with E-state index in [0.29, 0.717) is 12.0 Å². The number of nitro groups is 2. The Kier molecular flexibility index (Phi) is 4.56. The Morgan fingerprint density at radius 2 is 1.76 bits per heavy atom. The van der Waals surface area contributed by atoms with Crippen LogP contribution in [-0.2, 0) is 5.41 Å². The van der Waals surface area contributed by atoms with Gasteiger partial charge in [0.05, 0.1) is 15.4 Å². The molecule has 116 valence electrons. The quantitative estimate of drug-likeness (QED) is 0.514. The number of anilines is 1. The summed E-state index contributed by atoms with van der Waals surface area (Å²) in [4.78, 5) is 21.7. The molecule has 0 aromatic heterocycles. The molecule has 0 aliphatic heterocycles. The molecule has 0 aliphatic carbocycles. The van der Waals surface area contributed by atoms with E-state index in [1.807, 2.05) is 6.92 Å². The van der Waals surface area contributed by atoms with Gasteiger partial charge < -0.3 is 5.73 Å². The lowest BCUT2D eigenvalue weighted by atomic mass is 9.80. The maximum atomic E-state index is 11.6. The maximum Gasteiger partial charge on any atom is 0.285 e. The van der Waals surface area contributed by atoms with Gasteiger partial charge in [-0.1, -0.05) is 34.6 Å². The Hall–Kier alpha value is -2.18. The van der Waals surface area contributed by atoms with Crippen molar-refractivity contribution in [2.75, 3.05) is 5.73 Å². The molecule has 1 unspecified atom stereocenters. The molecule has 0 fully saturated rings. The van der Waals surface area contributed by atoms with Gasteiger partial charge in [-0.05, 0) is 17.8 Å². The summed E-state index contributed by atoms with van der Waals surface area (Å²) in [6, 6.07) is 1.25. The van der Waals surface area contributed by atoms with Crippen LogP contribution in [0.15, 0.2) is 6.07 Å². The highest BCUT2D eigenvalue weighted by molar-refractivity contribution is 5.72. The van der Waals surface area contributed by atoms with Crippen LogP contribution < -0.4 is 5.73 Å². The molecule has 2 N–H and O–H groups in total. The highest BCUT2D eigenvalue weighted by atomic mass is 16.6. The van der Waals surface area contributed by atoms with Crippen LogP contribution in [0.3, 0.4) is 0 Å². The first kappa shape index (κ1) is 16.9. The first-order valence-corrected chi connectivity index (χ1v) is 6.77. The summed E-state index contributed by atoms with van der Waals surface area (Å²) in [7, 11) is 0. The monoisotopic (exact) mass is 295 g/mol. The number of hydrogen-bond donors (Lipinski definition) is 1. The van der Waals surface area contributed by atoms with Gasteiger partial charge in [0, 0.05) is 11.8 Å². The number of rotatable bonds is 4. The second-order valence-corrected chi connectivity index (χ2v) is 6.20. The predicted octanol–water partition coefficient (Wildman–Crippen LogP) is 3.90. The van der Waals surface area contributed by atoms with Gasteiger partial charge in [-0.25, -0.2) is 0 Å². The topological polar surface area (TPSA) is 112 Å². The number of benzene rings is 1. The van der Waals surface area contributed by atoms with Crippen LogP contribution in [0.25, 0.3) is 0 Å². The largest absolute Gasteiger partial charge is 0.398 e. The van der Waals surface area contributed by atoms with Crippen molar-refractivity contribution in [3.8, 4) is 0 Å². The Morgan fingerprint density at radius 1 is 1.24 bits per heavy atom. The van der Waals surface area contributed by atoms with Crippen LogP contribution in [0.1, 0.15) is 58.1 Å². The Balaban J connectivity index is 3.96. The molecule has 0 aliphatic rings. The van der Waals surface area contributed by atoms with E-state index in [9.17, 15) is 20.2 Å². The molecule has 0 saturated heterocycles. The van der Waals surface area contributed by atoms with Crippen molar-refractivity contribution in [3.63, 3.8) is 0 Å². The van der Waals surface area contributed by atoms with E-state index in [-0.39, 0.29) is 28.5 Å². The van der Waals surface area contributed by atoms with Crippen molar-refractivity contribution in [2.24, 2.45) is 0 Å². The van der Waals surface area contributed by atoms with Crippen molar-refractivity contribution >= 4 is 17.1 Å². The molecule has 7 heteroatoms. The van der Waals surface area contributed by atoms with E-state index in [2.05, 4.69) is 0 Å². The van der Waals surface area contributed by atoms with Crippen LogP contribution in [0.2, 0.25) is 0 Å². The summed E-state index contributed by atoms with van der Waals surface area (Å²) in [5, 5.41) is 22.8. The minimum atomic E-state index is -0.600. The third kappa shape index (κ3) is 3.12. The van der Waals surface area contributed by atoms with Gasteiger partial charge in [0.15, 0.2) is 0 Å². The lowest BCUT2D eigenvalue weighted by Crippen LogP contribution is -2.19. The van der Waals surface area contributed by atoms with Gasteiger partial charge in [0.2, 0.25) is 0 Å². The van der Waals surface area contributed by atoms with E-state index >= 15 is 0 Å². The average Bonchev–Trinajstić information content (AvgIpc) is 2.34. The second kappa shape index (κ2) is 5.67. The summed E-state index contributed by atoms with van der Waals surface area (Å²) in [6.45, 7) is 9.00. The summed E-state index contributed by atoms with van der Waals surface area (Å²) in [5.74, 6) is -0.299. The molecule has 1 atom stereocenters. The smallest absolute Gasteiger partial charge is 0.285 e. The first-order valence-electron chi connectivity index (χ1n) is 6.77. The van der Waals surface area contributed by atoms with Gasteiger partial charge in [-0.2, -0.15) is 0 Å². The zero-order valence-corrected chi connectivity index (χ0v) is 13.0. The summed E-state index contributed by atoms with van der Waals surface area (Å²) in [6.07, 6.45) is 0.565. The molecule has 0 spiro atoms. The molecular weight excluding hydrogens is 274 g/mol. The van der Waals surface area contributed by atoms with E-state index in [1.165, 1.54) is 6.07 Å². The van der Waals surface area contributed by atoms with Crippen LogP contribution in [0.5, 0.6) is 0 Å². The van der Waals surface area contributed by atoms with Crippen LogP contribution >= 0.6 is 0 Å². The SMILES string of the molecule is CCC(C)c1c([N+](=O)[O-])cc(N)c(C(C)(C)C)c1[N+](=O)[O-]. The van der Waals surface area contributed by atoms with Gasteiger partial charge in [0.1, 0.15) is 5.56 Å². The minimum absolute atomic E-state index is 0.0907. The van der Waals surface area contributed by atoms with Crippen molar-refractivity contribution in [1.29, 1.82) is 0 Å². The number of hydrogen-bond acceptors (Lipinski definition) is 5. The third-order valence-corrected chi connectivity index (χ3v) is 3.58. The van der Waals surface area contributed by atoms with Crippen molar-refractivity contribution in [1.82, 2.24) is 0 Å². The maximum absolute atomic E-state index is 11.6. The molecule has 1 rings (SSSR count). The van der Waals surface area contributed by atoms with Crippen molar-refractivity contribution in [2.45, 2.75) is 52.4 Å². The molecule has 1 aromatic rings. The molecular formula is C14H21N3O4. The average molecular weight is 295 g/mol. The fourth-order valence-electron chi connectivity index (χ4n) is 2.51. The minimum Gasteiger partial charge on any atom is -0.398 e. The van der Waals surface area contributed by atoms with Gasteiger partial charge in [-0.3, -0.25) is 20.2 Å². The Labute approximate surface area is 123 Å². The normalized spacial score (nSPS) is 13.0. The molecule has 1 aromatic carbocycles. The standard InChI is InChI=1S/C14H21N3O4/c1-6-8(2)11-10(16(18)19)7-9(15)12(14(3,4)5)13(11)17(20)21/h7-8H,6,15H2,1-5H3. The lowest BCUT2D eigenvalue weighted by molar-refractivity contribution is -0.396. The van der Waals surface area contributed by atoms with E-state index in [0.717, 1.165) is 0 Å². The van der Waals surface area contributed by atoms with E-state index in [4.69, 9.17) is 5.73 Å². The highest BCUT2D eigenvalue weighted by Gasteiger charge is 2.37. The Bertz CT molecular complexity index is 591. The zero-order chi connectivity index (χ0) is 16.5. The molecule has 0 amide bonds. The fraction of sp³-hybridized carbons (Fsp3) is 0.571. The van der Waals surface area contributed by atoms with Crippen LogP contribution in [0.4, 0.5) is 17.1 Å². The summed E-state index contributed by atoms with van der Waals surface area (Å²) >= 11 is 0. The lowest BCUT2D eigenvalue weighted by Gasteiger charge is -2.23. The Morgan fingerprint density at radius 3 is 2.10 bits per heavy atom. The molecule has 0 radical (unpaired) electrons. The number of nitrogens with two attached hydrogens (primary N) is 1. The highest BCUT2D eigenvalue weighted by Crippen LogP contribution is 2.46. The molecule has 21 heavy (non-hydrogen) atoms. The van der Waals surface area contributed by atoms with Gasteiger partial charge >= 0.3 is 0 Å². The summed E-state index contributed by atoms with van der Waals surface area (Å²) < 4.78 is 0. The van der Waals surface area contributed by atoms with E-state index in [1.54, 1.807) is 27.7 Å².